The summed E-state index contributed by atoms with van der Waals surface area (Å²) in [5.74, 6) is -0.142. The number of nitrogens with zero attached hydrogens (tertiary/aromatic N) is 2. The number of amides is 1. The van der Waals surface area contributed by atoms with Crippen molar-refractivity contribution in [3.63, 3.8) is 0 Å². The maximum Gasteiger partial charge on any atom is 0.246 e. The fraction of sp³-hybridized carbons (Fsp3) is 0.269. The van der Waals surface area contributed by atoms with Crippen LogP contribution in [-0.2, 0) is 26.1 Å². The number of halogens is 3. The van der Waals surface area contributed by atoms with E-state index in [2.05, 4.69) is 15.9 Å². The SMILES string of the molecule is O=C(CCN(Cc1ccccc1)S(=O)(=O)c1c(Cl)cccc1Cl)N1CCOC(c2cccc(Br)c2)C1. The Morgan fingerprint density at radius 2 is 1.72 bits per heavy atom. The van der Waals surface area contributed by atoms with Gasteiger partial charge in [-0.25, -0.2) is 8.42 Å². The molecule has 1 saturated heterocycles. The zero-order valence-corrected chi connectivity index (χ0v) is 23.2. The number of carbonyl (C=O) groups is 1. The van der Waals surface area contributed by atoms with Gasteiger partial charge >= 0.3 is 0 Å². The predicted molar refractivity (Wildman–Crippen MR) is 145 cm³/mol. The van der Waals surface area contributed by atoms with Crippen LogP contribution in [0.3, 0.4) is 0 Å². The van der Waals surface area contributed by atoms with Crippen LogP contribution in [0.4, 0.5) is 0 Å². The van der Waals surface area contributed by atoms with Crippen LogP contribution in [0.2, 0.25) is 10.0 Å². The maximum atomic E-state index is 13.6. The predicted octanol–water partition coefficient (Wildman–Crippen LogP) is 5.94. The summed E-state index contributed by atoms with van der Waals surface area (Å²) in [4.78, 5) is 14.8. The fourth-order valence-electron chi connectivity index (χ4n) is 4.09. The van der Waals surface area contributed by atoms with Crippen LogP contribution in [0, 0.1) is 0 Å². The Labute approximate surface area is 229 Å². The Kier molecular flexibility index (Phi) is 9.09. The first-order valence-corrected chi connectivity index (χ1v) is 14.4. The molecule has 1 aliphatic heterocycles. The monoisotopic (exact) mass is 610 g/mol. The second-order valence-corrected chi connectivity index (χ2v) is 12.0. The molecule has 3 aromatic carbocycles. The summed E-state index contributed by atoms with van der Waals surface area (Å²) in [6, 6.07) is 21.6. The van der Waals surface area contributed by atoms with Gasteiger partial charge in [-0.1, -0.05) is 87.7 Å². The van der Waals surface area contributed by atoms with Gasteiger partial charge in [-0.15, -0.1) is 0 Å². The van der Waals surface area contributed by atoms with Gasteiger partial charge in [-0.2, -0.15) is 4.31 Å². The average Bonchev–Trinajstić information content (AvgIpc) is 2.86. The van der Waals surface area contributed by atoms with Gasteiger partial charge in [0.2, 0.25) is 15.9 Å². The van der Waals surface area contributed by atoms with Gasteiger partial charge in [0.1, 0.15) is 11.0 Å². The number of rotatable bonds is 8. The smallest absolute Gasteiger partial charge is 0.246 e. The van der Waals surface area contributed by atoms with Gasteiger partial charge in [0, 0.05) is 30.5 Å². The molecule has 36 heavy (non-hydrogen) atoms. The third-order valence-electron chi connectivity index (χ3n) is 5.93. The number of morpholine rings is 1. The summed E-state index contributed by atoms with van der Waals surface area (Å²) in [5, 5.41) is 0.0777. The number of benzene rings is 3. The van der Waals surface area contributed by atoms with Crippen LogP contribution in [0.1, 0.15) is 23.7 Å². The van der Waals surface area contributed by atoms with Crippen LogP contribution >= 0.6 is 39.1 Å². The van der Waals surface area contributed by atoms with Crippen molar-refractivity contribution in [1.29, 1.82) is 0 Å². The first-order chi connectivity index (χ1) is 17.3. The molecule has 190 valence electrons. The standard InChI is InChI=1S/C26H25BrCl2N2O4S/c27-21-9-4-8-20(16-21)24-18-30(14-15-35-24)25(32)12-13-31(17-19-6-2-1-3-7-19)36(33,34)26-22(28)10-5-11-23(26)29/h1-11,16,24H,12-15,17-18H2. The molecule has 0 bridgehead atoms. The lowest BCUT2D eigenvalue weighted by Gasteiger charge is -2.34. The van der Waals surface area contributed by atoms with Crippen molar-refractivity contribution < 1.29 is 17.9 Å². The normalized spacial score (nSPS) is 16.3. The average molecular weight is 612 g/mol. The second kappa shape index (κ2) is 12.1. The highest BCUT2D eigenvalue weighted by Crippen LogP contribution is 2.32. The van der Waals surface area contributed by atoms with Crippen LogP contribution in [0.25, 0.3) is 0 Å². The van der Waals surface area contributed by atoms with Gasteiger partial charge in [-0.3, -0.25) is 4.79 Å². The first-order valence-electron chi connectivity index (χ1n) is 11.4. The lowest BCUT2D eigenvalue weighted by Crippen LogP contribution is -2.43. The Morgan fingerprint density at radius 1 is 1.03 bits per heavy atom. The van der Waals surface area contributed by atoms with Crippen LogP contribution in [0.15, 0.2) is 82.2 Å². The Bertz CT molecular complexity index is 1300. The van der Waals surface area contributed by atoms with Gasteiger partial charge in [0.25, 0.3) is 0 Å². The van der Waals surface area contributed by atoms with Crippen LogP contribution in [-0.4, -0.2) is 49.8 Å². The fourth-order valence-corrected chi connectivity index (χ4v) is 7.03. The van der Waals surface area contributed by atoms with Crippen molar-refractivity contribution in [2.45, 2.75) is 24.0 Å². The first kappa shape index (κ1) is 27.1. The van der Waals surface area contributed by atoms with Crippen LogP contribution < -0.4 is 0 Å². The lowest BCUT2D eigenvalue weighted by atomic mass is 10.1. The van der Waals surface area contributed by atoms with Gasteiger partial charge < -0.3 is 9.64 Å². The zero-order chi connectivity index (χ0) is 25.7. The lowest BCUT2D eigenvalue weighted by molar-refractivity contribution is -0.139. The molecule has 0 aromatic heterocycles. The van der Waals surface area contributed by atoms with E-state index in [0.717, 1.165) is 15.6 Å². The van der Waals surface area contributed by atoms with Crippen molar-refractivity contribution in [3.05, 3.63) is 98.4 Å². The number of carbonyl (C=O) groups excluding carboxylic acids is 1. The van der Waals surface area contributed by atoms with E-state index in [9.17, 15) is 13.2 Å². The van der Waals surface area contributed by atoms with Crippen molar-refractivity contribution in [3.8, 4) is 0 Å². The zero-order valence-electron chi connectivity index (χ0n) is 19.3. The summed E-state index contributed by atoms with van der Waals surface area (Å²) in [6.45, 7) is 1.32. The molecule has 0 spiro atoms. The van der Waals surface area contributed by atoms with Crippen molar-refractivity contribution in [2.24, 2.45) is 0 Å². The molecule has 0 radical (unpaired) electrons. The molecule has 0 aliphatic carbocycles. The molecule has 1 unspecified atom stereocenters. The van der Waals surface area contributed by atoms with E-state index in [1.54, 1.807) is 11.0 Å². The second-order valence-electron chi connectivity index (χ2n) is 8.38. The Hall–Kier alpha value is -1.94. The minimum atomic E-state index is -4.08. The van der Waals surface area contributed by atoms with Crippen molar-refractivity contribution in [2.75, 3.05) is 26.2 Å². The molecule has 0 saturated carbocycles. The highest BCUT2D eigenvalue weighted by atomic mass is 79.9. The highest BCUT2D eigenvalue weighted by Gasteiger charge is 2.31. The summed E-state index contributed by atoms with van der Waals surface area (Å²) in [7, 11) is -4.08. The molecule has 1 heterocycles. The summed E-state index contributed by atoms with van der Waals surface area (Å²) in [5.41, 5.74) is 1.77. The van der Waals surface area contributed by atoms with Crippen molar-refractivity contribution in [1.82, 2.24) is 9.21 Å². The van der Waals surface area contributed by atoms with E-state index >= 15 is 0 Å². The molecule has 1 fully saturated rings. The number of hydrogen-bond acceptors (Lipinski definition) is 4. The Morgan fingerprint density at radius 3 is 2.42 bits per heavy atom. The molecule has 10 heteroatoms. The summed E-state index contributed by atoms with van der Waals surface area (Å²) in [6.07, 6.45) is -0.231. The molecule has 1 atom stereocenters. The third-order valence-corrected chi connectivity index (χ3v) is 9.23. The molecule has 6 nitrogen and oxygen atoms in total. The number of sulfonamides is 1. The molecule has 1 aliphatic rings. The molecule has 3 aromatic rings. The largest absolute Gasteiger partial charge is 0.370 e. The van der Waals surface area contributed by atoms with E-state index in [1.165, 1.54) is 16.4 Å². The molecular weight excluding hydrogens is 587 g/mol. The minimum Gasteiger partial charge on any atom is -0.370 e. The quantitative estimate of drug-likeness (QED) is 0.316. The summed E-state index contributed by atoms with van der Waals surface area (Å²) >= 11 is 16.0. The van der Waals surface area contributed by atoms with E-state index in [0.29, 0.717) is 19.7 Å². The van der Waals surface area contributed by atoms with Gasteiger partial charge in [-0.05, 0) is 35.4 Å². The minimum absolute atomic E-state index is 0.0132. The topological polar surface area (TPSA) is 66.9 Å². The van der Waals surface area contributed by atoms with E-state index in [-0.39, 0.29) is 46.5 Å². The summed E-state index contributed by atoms with van der Waals surface area (Å²) < 4.78 is 35.4. The van der Waals surface area contributed by atoms with E-state index in [1.807, 2.05) is 54.6 Å². The van der Waals surface area contributed by atoms with E-state index < -0.39 is 10.0 Å². The highest BCUT2D eigenvalue weighted by molar-refractivity contribution is 9.10. The maximum absolute atomic E-state index is 13.6. The third kappa shape index (κ3) is 6.49. The van der Waals surface area contributed by atoms with Crippen LogP contribution in [0.5, 0.6) is 0 Å². The molecule has 4 rings (SSSR count). The molecule has 0 N–H and O–H groups in total. The van der Waals surface area contributed by atoms with E-state index in [4.69, 9.17) is 27.9 Å². The number of hydrogen-bond donors (Lipinski definition) is 0. The van der Waals surface area contributed by atoms with Gasteiger partial charge in [0.15, 0.2) is 0 Å². The molecule has 1 amide bonds. The van der Waals surface area contributed by atoms with Gasteiger partial charge in [0.05, 0.1) is 23.2 Å². The Balaban J connectivity index is 1.52. The molecular formula is C26H25BrCl2N2O4S. The number of ether oxygens (including phenoxy) is 1. The van der Waals surface area contributed by atoms with Crippen molar-refractivity contribution >= 4 is 55.1 Å².